The average molecular weight is 486 g/mol. The molecule has 2 amide bonds. The van der Waals surface area contributed by atoms with Gasteiger partial charge in [0.15, 0.2) is 5.17 Å². The number of ether oxygens (including phenoxy) is 2. The number of methoxy groups -OCH3 is 1. The SMILES string of the molecule is CCN1C(=O)/C(=C\c2cc(Cl)ccc2OC)SC1=Nc1cccc(C(=O)N2CCOCC2)c1. The van der Waals surface area contributed by atoms with Crippen LogP contribution in [0.25, 0.3) is 6.08 Å². The first-order valence-corrected chi connectivity index (χ1v) is 11.8. The normalized spacial score (nSPS) is 18.9. The van der Waals surface area contributed by atoms with Crippen molar-refractivity contribution in [1.82, 2.24) is 9.80 Å². The number of hydrogen-bond acceptors (Lipinski definition) is 6. The lowest BCUT2D eigenvalue weighted by atomic mass is 10.1. The molecule has 2 heterocycles. The molecule has 2 saturated heterocycles. The second-order valence-corrected chi connectivity index (χ2v) is 8.84. The van der Waals surface area contributed by atoms with Gasteiger partial charge in [-0.2, -0.15) is 0 Å². The molecule has 9 heteroatoms. The van der Waals surface area contributed by atoms with Crippen LogP contribution >= 0.6 is 23.4 Å². The Balaban J connectivity index is 1.61. The highest BCUT2D eigenvalue weighted by molar-refractivity contribution is 8.18. The van der Waals surface area contributed by atoms with E-state index in [4.69, 9.17) is 26.1 Å². The summed E-state index contributed by atoms with van der Waals surface area (Å²) in [6, 6.07) is 12.4. The fourth-order valence-electron chi connectivity index (χ4n) is 3.60. The maximum absolute atomic E-state index is 13.0. The highest BCUT2D eigenvalue weighted by Gasteiger charge is 2.32. The number of halogens is 1. The van der Waals surface area contributed by atoms with Crippen LogP contribution < -0.4 is 4.74 Å². The van der Waals surface area contributed by atoms with Gasteiger partial charge in [-0.1, -0.05) is 17.7 Å². The number of rotatable bonds is 5. The van der Waals surface area contributed by atoms with Crippen LogP contribution in [0.3, 0.4) is 0 Å². The van der Waals surface area contributed by atoms with E-state index >= 15 is 0 Å². The van der Waals surface area contributed by atoms with Crippen molar-refractivity contribution in [3.63, 3.8) is 0 Å². The second kappa shape index (κ2) is 10.4. The molecule has 2 aromatic rings. The predicted octanol–water partition coefficient (Wildman–Crippen LogP) is 4.44. The number of aliphatic imine (C=N–C) groups is 1. The summed E-state index contributed by atoms with van der Waals surface area (Å²) < 4.78 is 10.7. The summed E-state index contributed by atoms with van der Waals surface area (Å²) in [6.45, 7) is 4.62. The summed E-state index contributed by atoms with van der Waals surface area (Å²) in [7, 11) is 1.57. The first-order valence-electron chi connectivity index (χ1n) is 10.6. The van der Waals surface area contributed by atoms with Crippen molar-refractivity contribution in [1.29, 1.82) is 0 Å². The summed E-state index contributed by atoms with van der Waals surface area (Å²) in [4.78, 5) is 34.5. The van der Waals surface area contributed by atoms with E-state index < -0.39 is 0 Å². The summed E-state index contributed by atoms with van der Waals surface area (Å²) >= 11 is 7.42. The molecule has 0 saturated carbocycles. The second-order valence-electron chi connectivity index (χ2n) is 7.40. The third kappa shape index (κ3) is 5.24. The number of benzene rings is 2. The summed E-state index contributed by atoms with van der Waals surface area (Å²) in [5.41, 5.74) is 1.90. The quantitative estimate of drug-likeness (QED) is 0.585. The van der Waals surface area contributed by atoms with Crippen molar-refractivity contribution >= 4 is 52.1 Å². The smallest absolute Gasteiger partial charge is 0.266 e. The molecule has 7 nitrogen and oxygen atoms in total. The van der Waals surface area contributed by atoms with E-state index in [0.717, 1.165) is 5.56 Å². The van der Waals surface area contributed by atoms with E-state index in [9.17, 15) is 9.59 Å². The minimum atomic E-state index is -0.135. The van der Waals surface area contributed by atoms with Gasteiger partial charge in [-0.25, -0.2) is 4.99 Å². The number of hydrogen-bond donors (Lipinski definition) is 0. The lowest BCUT2D eigenvalue weighted by Gasteiger charge is -2.26. The van der Waals surface area contributed by atoms with Gasteiger partial charge in [-0.3, -0.25) is 14.5 Å². The molecule has 2 aliphatic heterocycles. The highest BCUT2D eigenvalue weighted by atomic mass is 35.5. The number of morpholine rings is 1. The number of thioether (sulfide) groups is 1. The van der Waals surface area contributed by atoms with Gasteiger partial charge in [0, 0.05) is 35.8 Å². The molecule has 0 atom stereocenters. The van der Waals surface area contributed by atoms with Gasteiger partial charge in [-0.15, -0.1) is 0 Å². The Bertz CT molecular complexity index is 1130. The summed E-state index contributed by atoms with van der Waals surface area (Å²) in [5.74, 6) is 0.448. The molecule has 2 fully saturated rings. The molecule has 33 heavy (non-hydrogen) atoms. The van der Waals surface area contributed by atoms with Gasteiger partial charge in [0.1, 0.15) is 5.75 Å². The number of amides is 2. The van der Waals surface area contributed by atoms with E-state index in [1.54, 1.807) is 59.4 Å². The minimum absolute atomic E-state index is 0.0449. The lowest BCUT2D eigenvalue weighted by Crippen LogP contribution is -2.40. The van der Waals surface area contributed by atoms with E-state index in [1.165, 1.54) is 11.8 Å². The Morgan fingerprint density at radius 3 is 2.76 bits per heavy atom. The summed E-state index contributed by atoms with van der Waals surface area (Å²) in [6.07, 6.45) is 1.77. The van der Waals surface area contributed by atoms with Crippen molar-refractivity contribution in [2.45, 2.75) is 6.92 Å². The molecule has 0 aliphatic carbocycles. The topological polar surface area (TPSA) is 71.4 Å². The van der Waals surface area contributed by atoms with Crippen LogP contribution in [-0.4, -0.2) is 66.7 Å². The van der Waals surface area contributed by atoms with Crippen molar-refractivity contribution in [2.24, 2.45) is 4.99 Å². The zero-order valence-corrected chi connectivity index (χ0v) is 20.0. The number of carbonyl (C=O) groups excluding carboxylic acids is 2. The molecular weight excluding hydrogens is 462 g/mol. The minimum Gasteiger partial charge on any atom is -0.496 e. The molecule has 0 bridgehead atoms. The Labute approximate surface area is 202 Å². The standard InChI is InChI=1S/C24H24ClN3O4S/c1-3-28-23(30)21(15-17-13-18(25)7-8-20(17)31-2)33-24(28)26-19-6-4-5-16(14-19)22(29)27-9-11-32-12-10-27/h4-8,13-15H,3,9-12H2,1-2H3/b21-15+,26-24?. The molecule has 172 valence electrons. The van der Waals surface area contributed by atoms with Gasteiger partial charge in [0.05, 0.1) is 30.9 Å². The van der Waals surface area contributed by atoms with Crippen molar-refractivity contribution < 1.29 is 19.1 Å². The Morgan fingerprint density at radius 2 is 2.03 bits per heavy atom. The molecule has 4 rings (SSSR count). The fourth-order valence-corrected chi connectivity index (χ4v) is 4.83. The molecule has 0 aromatic heterocycles. The lowest BCUT2D eigenvalue weighted by molar-refractivity contribution is -0.122. The van der Waals surface area contributed by atoms with Gasteiger partial charge >= 0.3 is 0 Å². The Hall–Kier alpha value is -2.81. The largest absolute Gasteiger partial charge is 0.496 e. The first kappa shape index (κ1) is 23.4. The molecule has 0 spiro atoms. The van der Waals surface area contributed by atoms with Crippen LogP contribution in [0.2, 0.25) is 5.02 Å². The molecule has 0 unspecified atom stereocenters. The Morgan fingerprint density at radius 1 is 1.24 bits per heavy atom. The predicted molar refractivity (Wildman–Crippen MR) is 131 cm³/mol. The third-order valence-corrected chi connectivity index (χ3v) is 6.54. The first-order chi connectivity index (χ1) is 16.0. The van der Waals surface area contributed by atoms with Crippen molar-refractivity contribution in [3.8, 4) is 5.75 Å². The van der Waals surface area contributed by atoms with Gasteiger partial charge in [-0.05, 0) is 61.2 Å². The maximum atomic E-state index is 13.0. The molecule has 0 N–H and O–H groups in total. The summed E-state index contributed by atoms with van der Waals surface area (Å²) in [5, 5.41) is 1.12. The van der Waals surface area contributed by atoms with Crippen LogP contribution in [-0.2, 0) is 9.53 Å². The van der Waals surface area contributed by atoms with Gasteiger partial charge in [0.2, 0.25) is 0 Å². The number of nitrogens with zero attached hydrogens (tertiary/aromatic N) is 3. The van der Waals surface area contributed by atoms with Gasteiger partial charge in [0.25, 0.3) is 11.8 Å². The maximum Gasteiger partial charge on any atom is 0.266 e. The van der Waals surface area contributed by atoms with E-state index in [-0.39, 0.29) is 11.8 Å². The van der Waals surface area contributed by atoms with E-state index in [0.29, 0.717) is 64.9 Å². The molecular formula is C24H24ClN3O4S. The van der Waals surface area contributed by atoms with Crippen LogP contribution in [0, 0.1) is 0 Å². The van der Waals surface area contributed by atoms with Crippen LogP contribution in [0.1, 0.15) is 22.8 Å². The molecule has 0 radical (unpaired) electrons. The molecule has 2 aromatic carbocycles. The highest BCUT2D eigenvalue weighted by Crippen LogP contribution is 2.36. The van der Waals surface area contributed by atoms with E-state index in [2.05, 4.69) is 0 Å². The third-order valence-electron chi connectivity index (χ3n) is 5.30. The number of likely N-dealkylation sites (N-methyl/N-ethyl adjacent to an activating group) is 1. The van der Waals surface area contributed by atoms with Crippen LogP contribution in [0.4, 0.5) is 5.69 Å². The zero-order chi connectivity index (χ0) is 23.4. The molecule has 2 aliphatic rings. The Kier molecular flexibility index (Phi) is 7.37. The number of carbonyl (C=O) groups is 2. The van der Waals surface area contributed by atoms with Crippen molar-refractivity contribution in [3.05, 3.63) is 63.5 Å². The zero-order valence-electron chi connectivity index (χ0n) is 18.4. The van der Waals surface area contributed by atoms with Crippen LogP contribution in [0.5, 0.6) is 5.75 Å². The monoisotopic (exact) mass is 485 g/mol. The van der Waals surface area contributed by atoms with Crippen molar-refractivity contribution in [2.75, 3.05) is 40.0 Å². The van der Waals surface area contributed by atoms with Crippen LogP contribution in [0.15, 0.2) is 52.4 Å². The number of amidine groups is 1. The average Bonchev–Trinajstić information content (AvgIpc) is 3.13. The van der Waals surface area contributed by atoms with E-state index in [1.807, 2.05) is 13.0 Å². The van der Waals surface area contributed by atoms with Gasteiger partial charge < -0.3 is 14.4 Å². The fraction of sp³-hybridized carbons (Fsp3) is 0.292.